The van der Waals surface area contributed by atoms with Gasteiger partial charge in [0, 0.05) is 0 Å². The van der Waals surface area contributed by atoms with Crippen LogP contribution in [-0.2, 0) is 101 Å². The van der Waals surface area contributed by atoms with Crippen molar-refractivity contribution in [1.29, 1.82) is 0 Å². The second-order valence-corrected chi connectivity index (χ2v) is 43.4. The number of carboxylic acids is 21. The van der Waals surface area contributed by atoms with Gasteiger partial charge in [0.25, 0.3) is 0 Å². The molecule has 0 radical (unpaired) electrons. The quantitative estimate of drug-likeness (QED) is 0.0269. The van der Waals surface area contributed by atoms with E-state index in [2.05, 4.69) is 0 Å². The van der Waals surface area contributed by atoms with Gasteiger partial charge in [0.05, 0.1) is 114 Å². The summed E-state index contributed by atoms with van der Waals surface area (Å²) < 4.78 is 0. The highest BCUT2D eigenvalue weighted by Crippen LogP contribution is 2.61. The van der Waals surface area contributed by atoms with Crippen LogP contribution in [0.4, 0.5) is 0 Å². The lowest BCUT2D eigenvalue weighted by molar-refractivity contribution is -0.174. The lowest BCUT2D eigenvalue weighted by Gasteiger charge is -2.46. The highest BCUT2D eigenvalue weighted by atomic mass is 16.4. The van der Waals surface area contributed by atoms with E-state index in [1.54, 1.807) is 0 Å². The Kier molecular flexibility index (Phi) is 35.3. The first-order valence-corrected chi connectivity index (χ1v) is 40.4. The van der Waals surface area contributed by atoms with Gasteiger partial charge in [0.2, 0.25) is 0 Å². The summed E-state index contributed by atoms with van der Waals surface area (Å²) in [5, 5.41) is 228. The Hall–Kier alpha value is -11.1. The topological polar surface area (TPSA) is 783 Å². The van der Waals surface area contributed by atoms with Gasteiger partial charge in [-0.1, -0.05) is 6.92 Å². The third kappa shape index (κ3) is 26.3. The van der Waals surface area contributed by atoms with E-state index in [9.17, 15) is 208 Å². The summed E-state index contributed by atoms with van der Waals surface area (Å²) in [6, 6.07) is 0. The van der Waals surface area contributed by atoms with Crippen molar-refractivity contribution in [1.82, 2.24) is 0 Å². The molecule has 0 aliphatic heterocycles. The van der Waals surface area contributed by atoms with Crippen LogP contribution in [0, 0.1) is 114 Å². The van der Waals surface area contributed by atoms with E-state index < -0.39 is 367 Å². The Morgan fingerprint density at radius 2 is 0.180 bits per heavy atom. The van der Waals surface area contributed by atoms with E-state index in [0.717, 1.165) is 145 Å². The first-order chi connectivity index (χ1) is 56.5. The van der Waals surface area contributed by atoms with Crippen molar-refractivity contribution in [2.45, 2.75) is 294 Å². The molecule has 21 N–H and O–H groups in total. The summed E-state index contributed by atoms with van der Waals surface area (Å²) in [4.78, 5) is 283. The highest BCUT2D eigenvalue weighted by molar-refractivity contribution is 5.90. The Morgan fingerprint density at radius 3 is 0.234 bits per heavy atom. The van der Waals surface area contributed by atoms with E-state index in [1.165, 1.54) is 13.8 Å². The minimum atomic E-state index is -2.87. The van der Waals surface area contributed by atoms with Gasteiger partial charge in [-0.15, -0.1) is 0 Å². The lowest BCUT2D eigenvalue weighted by Crippen LogP contribution is -2.51. The van der Waals surface area contributed by atoms with Gasteiger partial charge in [-0.2, -0.15) is 0 Å². The summed E-state index contributed by atoms with van der Waals surface area (Å²) >= 11 is 0. The van der Waals surface area contributed by atoms with Crippen LogP contribution < -0.4 is 0 Å². The van der Waals surface area contributed by atoms with Crippen LogP contribution in [-0.4, -0.2) is 233 Å². The van der Waals surface area contributed by atoms with Gasteiger partial charge in [-0.3, -0.25) is 101 Å². The van der Waals surface area contributed by atoms with Crippen molar-refractivity contribution in [2.75, 3.05) is 0 Å². The predicted octanol–water partition coefficient (Wildman–Crippen LogP) is 11.1. The summed E-state index contributed by atoms with van der Waals surface area (Å²) in [5.41, 5.74) is -54.8. The van der Waals surface area contributed by atoms with Crippen LogP contribution >= 0.6 is 0 Å². The number of carboxylic acid groups (broad SMARTS) is 21. The van der Waals surface area contributed by atoms with E-state index in [-0.39, 0.29) is 6.42 Å². The highest BCUT2D eigenvalue weighted by Gasteiger charge is 2.65. The molecular weight excluding hydrogens is 1700 g/mol. The first kappa shape index (κ1) is 117. The molecule has 20 atom stereocenters. The van der Waals surface area contributed by atoms with Crippen molar-refractivity contribution in [3.8, 4) is 0 Å². The largest absolute Gasteiger partial charge is 0.481 e. The molecule has 0 aromatic rings. The molecular formula is C86H132O42. The zero-order chi connectivity index (χ0) is 102. The minimum absolute atomic E-state index is 0.175. The number of rotatable bonds is 62. The Morgan fingerprint density at radius 1 is 0.117 bits per heavy atom. The standard InChI is InChI=1S/C86H132O42/c1-24-67(4,46(89)90)26-69(6,48(93)94)28-71(8,50(97)98)30-73(10,52(101)102)32-75(12,54(105)106)34-77(14,56(109)110)36-79(16,58(113)114)38-81(18,60(117)118)40-83(20,62(121)122)42-85(22,64(125)126)44-86(23,65(127)128)43-84(21,63(123)124)41-82(19,61(119)120)39-80(17,59(115)116)37-78(15,57(111)112)35-76(13,55(107)108)33-74(11,53(103)104)31-72(9,51(99)100)29-70(7,49(95)96)27-68(5,47(91)92)25-66(2,3)45(87)88/h24-44H2,1-23H3,(H,87,88)(H,89,90)(H,91,92)(H,93,94)(H,95,96)(H,97,98)(H,99,100)(H,101,102)(H,103,104)(H,105,106)(H,107,108)(H,109,110)(H,111,112)(H,113,114)(H,115,116)(H,117,118)(H,119,120)(H,121,122)(H,123,124)(H,125,126)(H,127,128). The first-order valence-electron chi connectivity index (χ1n) is 40.4. The zero-order valence-electron chi connectivity index (χ0n) is 76.8. The molecule has 42 nitrogen and oxygen atoms in total. The maximum atomic E-state index is 13.9. The van der Waals surface area contributed by atoms with Gasteiger partial charge in [0.15, 0.2) is 0 Å². The van der Waals surface area contributed by atoms with Crippen molar-refractivity contribution in [3.05, 3.63) is 0 Å². The van der Waals surface area contributed by atoms with Crippen LogP contribution in [0.2, 0.25) is 0 Å². The molecule has 0 spiro atoms. The van der Waals surface area contributed by atoms with Crippen LogP contribution in [0.5, 0.6) is 0 Å². The predicted molar refractivity (Wildman–Crippen MR) is 439 cm³/mol. The average molecular weight is 1840 g/mol. The van der Waals surface area contributed by atoms with Gasteiger partial charge in [-0.05, 0) is 287 Å². The lowest BCUT2D eigenvalue weighted by atomic mass is 9.55. The molecule has 20 unspecified atom stereocenters. The monoisotopic (exact) mass is 1840 g/mol. The molecule has 128 heavy (non-hydrogen) atoms. The average Bonchev–Trinajstić information content (AvgIpc) is 0.753. The molecule has 0 saturated carbocycles. The Bertz CT molecular complexity index is 4290. The molecule has 0 amide bonds. The Balaban J connectivity index is 8.36. The summed E-state index contributed by atoms with van der Waals surface area (Å²) in [6.45, 7) is 20.4. The van der Waals surface area contributed by atoms with Crippen molar-refractivity contribution < 1.29 is 208 Å². The molecule has 0 rings (SSSR count). The molecule has 728 valence electrons. The van der Waals surface area contributed by atoms with E-state index in [1.807, 2.05) is 0 Å². The molecule has 0 aliphatic carbocycles. The maximum Gasteiger partial charge on any atom is 0.309 e. The molecule has 0 bridgehead atoms. The third-order valence-corrected chi connectivity index (χ3v) is 27.3. The molecule has 0 aromatic carbocycles. The second kappa shape index (κ2) is 38.7. The molecule has 0 saturated heterocycles. The van der Waals surface area contributed by atoms with E-state index >= 15 is 0 Å². The van der Waals surface area contributed by atoms with Gasteiger partial charge in [-0.25, -0.2) is 0 Å². The zero-order valence-corrected chi connectivity index (χ0v) is 76.8. The number of aliphatic carboxylic acids is 21. The number of carbonyl (C=O) groups is 21. The van der Waals surface area contributed by atoms with Crippen LogP contribution in [0.25, 0.3) is 0 Å². The maximum absolute atomic E-state index is 13.9. The van der Waals surface area contributed by atoms with Gasteiger partial charge >= 0.3 is 125 Å². The summed E-state index contributed by atoms with van der Waals surface area (Å²) in [7, 11) is 0. The van der Waals surface area contributed by atoms with Gasteiger partial charge < -0.3 is 107 Å². The van der Waals surface area contributed by atoms with Crippen LogP contribution in [0.15, 0.2) is 0 Å². The van der Waals surface area contributed by atoms with E-state index in [4.69, 9.17) is 0 Å². The molecule has 42 heteroatoms. The fourth-order valence-electron chi connectivity index (χ4n) is 21.8. The van der Waals surface area contributed by atoms with Crippen LogP contribution in [0.3, 0.4) is 0 Å². The summed E-state index contributed by atoms with van der Waals surface area (Å²) in [5.74, 6) is -40.5. The third-order valence-electron chi connectivity index (χ3n) is 27.3. The van der Waals surface area contributed by atoms with Crippen LogP contribution in [0.1, 0.15) is 294 Å². The van der Waals surface area contributed by atoms with Crippen molar-refractivity contribution in [3.63, 3.8) is 0 Å². The fourth-order valence-corrected chi connectivity index (χ4v) is 21.8. The SMILES string of the molecule is CCC(C)(CC(C)(CC(C)(CC(C)(CC(C)(CC(C)(CC(C)(CC(C)(CC(C)(CC(C)(CC(C)(CC(C)(CC(C)(CC(C)(CC(C)(CC(C)(CC(C)(CC(C)(CC(C)(CC(C)(CC(C)(C)C(=O)O)C(=O)O)C(=O)O)C(=O)O)C(=O)O)C(=O)O)C(=O)O)C(=O)O)C(=O)O)C(=O)O)C(=O)O)C(=O)O)C(=O)O)C(=O)O)C(=O)O)C(=O)O)C(=O)O)C(=O)O)C(=O)O)C(=O)O)C(=O)O. The second-order valence-electron chi connectivity index (χ2n) is 43.4. The number of hydrogen-bond acceptors (Lipinski definition) is 21. The molecule has 0 aliphatic rings. The Labute approximate surface area is 738 Å². The minimum Gasteiger partial charge on any atom is -0.481 e. The molecule has 0 heterocycles. The van der Waals surface area contributed by atoms with Crippen molar-refractivity contribution in [2.24, 2.45) is 114 Å². The normalized spacial score (nSPS) is 21.5. The fraction of sp³-hybridized carbons (Fsp3) is 0.756. The number of hydrogen-bond donors (Lipinski definition) is 21. The smallest absolute Gasteiger partial charge is 0.309 e. The van der Waals surface area contributed by atoms with Crippen molar-refractivity contribution >= 4 is 125 Å². The molecule has 0 aromatic heterocycles. The van der Waals surface area contributed by atoms with Gasteiger partial charge in [0.1, 0.15) is 0 Å². The molecule has 0 fully saturated rings. The van der Waals surface area contributed by atoms with E-state index in [0.29, 0.717) is 0 Å². The summed E-state index contributed by atoms with van der Waals surface area (Å²) in [6.07, 6.45) is -24.6.